The van der Waals surface area contributed by atoms with E-state index in [9.17, 15) is 13.2 Å². The lowest BCUT2D eigenvalue weighted by Crippen LogP contribution is -2.33. The van der Waals surface area contributed by atoms with E-state index in [1.54, 1.807) is 32.0 Å². The average Bonchev–Trinajstić information content (AvgIpc) is 2.75. The monoisotopic (exact) mass is 335 g/mol. The number of ether oxygens (including phenoxy) is 1. The molecule has 0 saturated carbocycles. The molecule has 0 spiro atoms. The van der Waals surface area contributed by atoms with Crippen LogP contribution in [0.25, 0.3) is 0 Å². The van der Waals surface area contributed by atoms with Crippen LogP contribution >= 0.6 is 0 Å². The zero-order valence-corrected chi connectivity index (χ0v) is 13.8. The molecule has 0 radical (unpaired) electrons. The molecule has 1 heterocycles. The largest absolute Gasteiger partial charge is 0.446 e. The van der Waals surface area contributed by atoms with Crippen molar-refractivity contribution in [2.45, 2.75) is 37.8 Å². The van der Waals surface area contributed by atoms with Gasteiger partial charge in [0.2, 0.25) is 0 Å². The second-order valence-electron chi connectivity index (χ2n) is 5.48. The van der Waals surface area contributed by atoms with Crippen LogP contribution in [-0.4, -0.2) is 32.4 Å². The highest BCUT2D eigenvalue weighted by Gasteiger charge is 2.33. The van der Waals surface area contributed by atoms with Gasteiger partial charge in [0.05, 0.1) is 4.90 Å². The lowest BCUT2D eigenvalue weighted by molar-refractivity contribution is -0.148. The van der Waals surface area contributed by atoms with Gasteiger partial charge in [0, 0.05) is 5.56 Å². The number of esters is 1. The van der Waals surface area contributed by atoms with Crippen molar-refractivity contribution in [1.29, 1.82) is 5.26 Å². The van der Waals surface area contributed by atoms with Crippen LogP contribution in [-0.2, 0) is 19.6 Å². The number of rotatable bonds is 4. The van der Waals surface area contributed by atoms with Gasteiger partial charge in [0.25, 0.3) is 10.0 Å². The fourth-order valence-electron chi connectivity index (χ4n) is 2.11. The maximum Gasteiger partial charge on any atom is 0.332 e. The van der Waals surface area contributed by atoms with E-state index in [-0.39, 0.29) is 16.6 Å². The van der Waals surface area contributed by atoms with Gasteiger partial charge in [0.1, 0.15) is 11.9 Å². The first-order valence-electron chi connectivity index (χ1n) is 7.06. The molecule has 7 nitrogen and oxygen atoms in total. The number of carbonyl (C=O) groups is 1. The zero-order valence-electron chi connectivity index (χ0n) is 13.0. The Morgan fingerprint density at radius 3 is 2.57 bits per heavy atom. The topological polar surface area (TPSA) is 109 Å². The Morgan fingerprint density at radius 1 is 1.30 bits per heavy atom. The third-order valence-electron chi connectivity index (χ3n) is 3.28. The minimum atomic E-state index is -3.66. The predicted molar refractivity (Wildman–Crippen MR) is 83.1 cm³/mol. The van der Waals surface area contributed by atoms with Crippen LogP contribution < -0.4 is 4.72 Å². The Balaban J connectivity index is 2.39. The second-order valence-corrected chi connectivity index (χ2v) is 7.13. The van der Waals surface area contributed by atoms with E-state index in [0.29, 0.717) is 5.56 Å². The van der Waals surface area contributed by atoms with E-state index in [4.69, 9.17) is 10.00 Å². The molecule has 23 heavy (non-hydrogen) atoms. The molecular formula is C15H17N3O4S. The molecule has 2 atom stereocenters. The standard InChI is InChI=1S/C15H17N3O4S/c1-9(2)13(15(19)22-10(3)8-16)17-14-11-6-4-5-7-12(11)23(20,21)18-14/h4-7,9-10,13H,1-3H3,(H,17,18)/t10-,13-/m0/s1. The van der Waals surface area contributed by atoms with Crippen LogP contribution in [0.2, 0.25) is 0 Å². The summed E-state index contributed by atoms with van der Waals surface area (Å²) >= 11 is 0. The van der Waals surface area contributed by atoms with Crippen molar-refractivity contribution in [3.8, 4) is 6.07 Å². The number of sulfonamides is 1. The van der Waals surface area contributed by atoms with E-state index in [1.165, 1.54) is 13.0 Å². The van der Waals surface area contributed by atoms with E-state index >= 15 is 0 Å². The zero-order chi connectivity index (χ0) is 17.2. The fourth-order valence-corrected chi connectivity index (χ4v) is 3.35. The maximum atomic E-state index is 12.2. The van der Waals surface area contributed by atoms with E-state index in [2.05, 4.69) is 9.71 Å². The van der Waals surface area contributed by atoms with Crippen molar-refractivity contribution in [1.82, 2.24) is 4.72 Å². The normalized spacial score (nSPS) is 19.5. The fraction of sp³-hybridized carbons (Fsp3) is 0.400. The van der Waals surface area contributed by atoms with Gasteiger partial charge in [-0.05, 0) is 25.0 Å². The lowest BCUT2D eigenvalue weighted by Gasteiger charge is -2.17. The molecule has 0 bridgehead atoms. The highest BCUT2D eigenvalue weighted by molar-refractivity contribution is 7.90. The highest BCUT2D eigenvalue weighted by Crippen LogP contribution is 2.23. The van der Waals surface area contributed by atoms with E-state index in [0.717, 1.165) is 0 Å². The molecule has 2 rings (SSSR count). The van der Waals surface area contributed by atoms with Crippen molar-refractivity contribution >= 4 is 21.8 Å². The lowest BCUT2D eigenvalue weighted by atomic mass is 10.0. The van der Waals surface area contributed by atoms with Crippen LogP contribution in [0.15, 0.2) is 34.2 Å². The van der Waals surface area contributed by atoms with Gasteiger partial charge in [-0.15, -0.1) is 0 Å². The molecule has 0 saturated heterocycles. The first-order valence-corrected chi connectivity index (χ1v) is 8.54. The Hall–Kier alpha value is -2.40. The molecule has 0 amide bonds. The molecule has 1 aliphatic heterocycles. The van der Waals surface area contributed by atoms with Gasteiger partial charge < -0.3 is 4.74 Å². The quantitative estimate of drug-likeness (QED) is 0.832. The molecule has 122 valence electrons. The number of carbonyl (C=O) groups excluding carboxylic acids is 1. The SMILES string of the molecule is CC(C)[C@H](N=C1NS(=O)(=O)c2ccccc21)C(=O)O[C@@H](C)C#N. The summed E-state index contributed by atoms with van der Waals surface area (Å²) in [5, 5.41) is 8.73. The number of benzene rings is 1. The number of hydrogen-bond donors (Lipinski definition) is 1. The molecule has 0 fully saturated rings. The molecule has 0 aromatic heterocycles. The van der Waals surface area contributed by atoms with Gasteiger partial charge >= 0.3 is 5.97 Å². The van der Waals surface area contributed by atoms with Crippen molar-refractivity contribution in [3.05, 3.63) is 29.8 Å². The molecule has 1 N–H and O–H groups in total. The number of nitrogens with zero attached hydrogens (tertiary/aromatic N) is 2. The van der Waals surface area contributed by atoms with Crippen LogP contribution in [0.5, 0.6) is 0 Å². The Labute approximate surface area is 135 Å². The second kappa shape index (κ2) is 6.38. The summed E-state index contributed by atoms with van der Waals surface area (Å²) in [6, 6.07) is 7.30. The smallest absolute Gasteiger partial charge is 0.332 e. The highest BCUT2D eigenvalue weighted by atomic mass is 32.2. The summed E-state index contributed by atoms with van der Waals surface area (Å²) in [5.74, 6) is -0.774. The van der Waals surface area contributed by atoms with Gasteiger partial charge in [0.15, 0.2) is 12.1 Å². The molecule has 1 aromatic rings. The van der Waals surface area contributed by atoms with Crippen LogP contribution in [0, 0.1) is 17.2 Å². The molecule has 8 heteroatoms. The van der Waals surface area contributed by atoms with Crippen LogP contribution in [0.3, 0.4) is 0 Å². The number of hydrogen-bond acceptors (Lipinski definition) is 6. The minimum Gasteiger partial charge on any atom is -0.446 e. The Kier molecular flexibility index (Phi) is 4.71. The number of nitrogens with one attached hydrogen (secondary N) is 1. The molecular weight excluding hydrogens is 318 g/mol. The van der Waals surface area contributed by atoms with Gasteiger partial charge in [-0.25, -0.2) is 13.2 Å². The van der Waals surface area contributed by atoms with Crippen molar-refractivity contribution in [2.75, 3.05) is 0 Å². The third kappa shape index (κ3) is 3.51. The molecule has 1 aliphatic rings. The van der Waals surface area contributed by atoms with Crippen LogP contribution in [0.1, 0.15) is 26.3 Å². The Bertz CT molecular complexity index is 793. The number of fused-ring (bicyclic) bond motifs is 1. The summed E-state index contributed by atoms with van der Waals surface area (Å²) < 4.78 is 31.5. The third-order valence-corrected chi connectivity index (χ3v) is 4.68. The maximum absolute atomic E-state index is 12.2. The van der Waals surface area contributed by atoms with Gasteiger partial charge in [-0.3, -0.25) is 9.71 Å². The average molecular weight is 335 g/mol. The first kappa shape index (κ1) is 17.0. The first-order chi connectivity index (χ1) is 10.8. The van der Waals surface area contributed by atoms with Crippen LogP contribution in [0.4, 0.5) is 0 Å². The Morgan fingerprint density at radius 2 is 1.96 bits per heavy atom. The minimum absolute atomic E-state index is 0.112. The predicted octanol–water partition coefficient (Wildman–Crippen LogP) is 1.20. The van der Waals surface area contributed by atoms with Gasteiger partial charge in [-0.1, -0.05) is 26.0 Å². The summed E-state index contributed by atoms with van der Waals surface area (Å²) in [7, 11) is -3.66. The summed E-state index contributed by atoms with van der Waals surface area (Å²) in [6.07, 6.45) is -0.892. The summed E-state index contributed by atoms with van der Waals surface area (Å²) in [6.45, 7) is 4.99. The van der Waals surface area contributed by atoms with E-state index in [1.807, 2.05) is 6.07 Å². The van der Waals surface area contributed by atoms with Crippen molar-refractivity contribution in [2.24, 2.45) is 10.9 Å². The number of nitriles is 1. The van der Waals surface area contributed by atoms with Crippen molar-refractivity contribution in [3.63, 3.8) is 0 Å². The van der Waals surface area contributed by atoms with E-state index < -0.39 is 28.1 Å². The molecule has 1 aromatic carbocycles. The molecule has 0 unspecified atom stereocenters. The molecule has 0 aliphatic carbocycles. The summed E-state index contributed by atoms with van der Waals surface area (Å²) in [5.41, 5.74) is 0.416. The van der Waals surface area contributed by atoms with Crippen molar-refractivity contribution < 1.29 is 17.9 Å². The summed E-state index contributed by atoms with van der Waals surface area (Å²) in [4.78, 5) is 16.5. The number of aliphatic imine (C=N–C) groups is 1. The van der Waals surface area contributed by atoms with Gasteiger partial charge in [-0.2, -0.15) is 5.26 Å². The number of amidine groups is 1.